The van der Waals surface area contributed by atoms with Crippen molar-refractivity contribution in [3.8, 4) is 0 Å². The van der Waals surface area contributed by atoms with Crippen LogP contribution < -0.4 is 0 Å². The van der Waals surface area contributed by atoms with Crippen molar-refractivity contribution in [2.24, 2.45) is 0 Å². The summed E-state index contributed by atoms with van der Waals surface area (Å²) in [6, 6.07) is -0.219. The summed E-state index contributed by atoms with van der Waals surface area (Å²) in [5, 5.41) is 12.0. The Bertz CT molecular complexity index is 732. The first kappa shape index (κ1) is 17.5. The molecule has 1 aliphatic heterocycles. The lowest BCUT2D eigenvalue weighted by atomic mass is 10.1. The summed E-state index contributed by atoms with van der Waals surface area (Å²) in [5.41, 5.74) is 0.322. The van der Waals surface area contributed by atoms with E-state index in [1.807, 2.05) is 27.0 Å². The van der Waals surface area contributed by atoms with Gasteiger partial charge in [-0.3, -0.25) is 9.69 Å². The van der Waals surface area contributed by atoms with Gasteiger partial charge in [0.1, 0.15) is 18.2 Å². The van der Waals surface area contributed by atoms with Crippen LogP contribution in [0.2, 0.25) is 0 Å². The molecular weight excluding hydrogens is 324 g/mol. The molecule has 3 rings (SSSR count). The lowest BCUT2D eigenvalue weighted by molar-refractivity contribution is -0.160. The second-order valence-corrected chi connectivity index (χ2v) is 7.30. The molecule has 9 heteroatoms. The van der Waals surface area contributed by atoms with Gasteiger partial charge in [-0.25, -0.2) is 4.68 Å². The SMILES string of the molecule is Cc1noc(Cn2cc(CN3CCCC3C(=O)OC(C)(C)C)nn2)n1. The van der Waals surface area contributed by atoms with Gasteiger partial charge in [-0.05, 0) is 47.1 Å². The average molecular weight is 348 g/mol. The fourth-order valence-electron chi connectivity index (χ4n) is 2.89. The maximum atomic E-state index is 12.4. The number of nitrogens with zero attached hydrogens (tertiary/aromatic N) is 6. The lowest BCUT2D eigenvalue weighted by Crippen LogP contribution is -2.40. The number of ether oxygens (including phenoxy) is 1. The third kappa shape index (κ3) is 4.62. The number of carbonyl (C=O) groups excluding carboxylic acids is 1. The zero-order valence-corrected chi connectivity index (χ0v) is 15.1. The fourth-order valence-corrected chi connectivity index (χ4v) is 2.89. The Morgan fingerprint density at radius 3 is 2.88 bits per heavy atom. The Labute approximate surface area is 146 Å². The summed E-state index contributed by atoms with van der Waals surface area (Å²) in [4.78, 5) is 18.6. The zero-order chi connectivity index (χ0) is 18.0. The maximum absolute atomic E-state index is 12.4. The van der Waals surface area contributed by atoms with Crippen LogP contribution in [0.25, 0.3) is 0 Å². The molecule has 2 aromatic rings. The van der Waals surface area contributed by atoms with E-state index in [9.17, 15) is 4.79 Å². The number of esters is 1. The Hall–Kier alpha value is -2.29. The zero-order valence-electron chi connectivity index (χ0n) is 15.1. The molecule has 1 unspecified atom stereocenters. The minimum absolute atomic E-state index is 0.168. The second-order valence-electron chi connectivity index (χ2n) is 7.30. The van der Waals surface area contributed by atoms with Crippen molar-refractivity contribution in [2.45, 2.75) is 65.3 Å². The summed E-state index contributed by atoms with van der Waals surface area (Å²) < 4.78 is 12.3. The predicted octanol–water partition coefficient (Wildman–Crippen LogP) is 1.32. The molecule has 136 valence electrons. The first-order valence-corrected chi connectivity index (χ1v) is 8.45. The van der Waals surface area contributed by atoms with Gasteiger partial charge < -0.3 is 9.26 Å². The molecule has 0 radical (unpaired) electrons. The molecule has 0 N–H and O–H groups in total. The number of hydrogen-bond donors (Lipinski definition) is 0. The van der Waals surface area contributed by atoms with Gasteiger partial charge in [0.2, 0.25) is 5.89 Å². The van der Waals surface area contributed by atoms with Gasteiger partial charge in [-0.2, -0.15) is 4.98 Å². The third-order valence-corrected chi connectivity index (χ3v) is 3.86. The van der Waals surface area contributed by atoms with Crippen LogP contribution in [0.1, 0.15) is 51.0 Å². The molecule has 0 spiro atoms. The van der Waals surface area contributed by atoms with Gasteiger partial charge in [0.25, 0.3) is 0 Å². The number of aryl methyl sites for hydroxylation is 1. The van der Waals surface area contributed by atoms with Gasteiger partial charge in [-0.15, -0.1) is 5.10 Å². The van der Waals surface area contributed by atoms with E-state index < -0.39 is 5.60 Å². The van der Waals surface area contributed by atoms with Gasteiger partial charge in [0.15, 0.2) is 5.82 Å². The number of rotatable bonds is 5. The van der Waals surface area contributed by atoms with Crippen LogP contribution in [0.5, 0.6) is 0 Å². The van der Waals surface area contributed by atoms with Crippen molar-refractivity contribution in [1.29, 1.82) is 0 Å². The Kier molecular flexibility index (Phi) is 4.85. The van der Waals surface area contributed by atoms with Crippen molar-refractivity contribution >= 4 is 5.97 Å². The minimum atomic E-state index is -0.476. The molecule has 25 heavy (non-hydrogen) atoms. The highest BCUT2D eigenvalue weighted by molar-refractivity contribution is 5.76. The molecule has 0 aliphatic carbocycles. The average Bonchev–Trinajstić information content (AvgIpc) is 3.20. The van der Waals surface area contributed by atoms with Gasteiger partial charge in [0, 0.05) is 6.54 Å². The molecule has 0 amide bonds. The van der Waals surface area contributed by atoms with Crippen LogP contribution in [0.15, 0.2) is 10.7 Å². The van der Waals surface area contributed by atoms with E-state index in [1.54, 1.807) is 11.6 Å². The second kappa shape index (κ2) is 6.91. The molecule has 3 heterocycles. The minimum Gasteiger partial charge on any atom is -0.459 e. The molecule has 1 atom stereocenters. The van der Waals surface area contributed by atoms with E-state index in [2.05, 4.69) is 25.4 Å². The van der Waals surface area contributed by atoms with Crippen LogP contribution >= 0.6 is 0 Å². The van der Waals surface area contributed by atoms with E-state index in [0.717, 1.165) is 25.1 Å². The maximum Gasteiger partial charge on any atom is 0.323 e. The molecule has 2 aromatic heterocycles. The molecule has 0 bridgehead atoms. The van der Waals surface area contributed by atoms with Crippen LogP contribution in [-0.2, 0) is 22.6 Å². The van der Waals surface area contributed by atoms with Crippen molar-refractivity contribution in [3.63, 3.8) is 0 Å². The fraction of sp³-hybridized carbons (Fsp3) is 0.688. The van der Waals surface area contributed by atoms with E-state index in [0.29, 0.717) is 24.8 Å². The van der Waals surface area contributed by atoms with E-state index >= 15 is 0 Å². The molecule has 0 aromatic carbocycles. The molecule has 1 aliphatic rings. The van der Waals surface area contributed by atoms with Gasteiger partial charge in [-0.1, -0.05) is 10.4 Å². The topological polar surface area (TPSA) is 99.2 Å². The van der Waals surface area contributed by atoms with E-state index in [4.69, 9.17) is 9.26 Å². The van der Waals surface area contributed by atoms with Crippen molar-refractivity contribution in [1.82, 2.24) is 30.0 Å². The standard InChI is InChI=1S/C16H24N6O3/c1-11-17-14(25-19-11)10-22-9-12(18-20-22)8-21-7-5-6-13(21)15(23)24-16(2,3)4/h9,13H,5-8,10H2,1-4H3. The number of carbonyl (C=O) groups is 1. The van der Waals surface area contributed by atoms with Crippen LogP contribution in [-0.4, -0.2) is 54.2 Å². The molecular formula is C16H24N6O3. The van der Waals surface area contributed by atoms with Crippen LogP contribution in [0.3, 0.4) is 0 Å². The molecule has 0 saturated carbocycles. The predicted molar refractivity (Wildman–Crippen MR) is 87.4 cm³/mol. The van der Waals surface area contributed by atoms with Crippen LogP contribution in [0, 0.1) is 6.92 Å². The molecule has 1 saturated heterocycles. The Balaban J connectivity index is 1.60. The Morgan fingerprint density at radius 2 is 2.20 bits per heavy atom. The van der Waals surface area contributed by atoms with Crippen molar-refractivity contribution < 1.29 is 14.1 Å². The van der Waals surface area contributed by atoms with Gasteiger partial charge in [0.05, 0.1) is 11.9 Å². The smallest absolute Gasteiger partial charge is 0.323 e. The summed E-state index contributed by atoms with van der Waals surface area (Å²) in [6.45, 7) is 9.21. The highest BCUT2D eigenvalue weighted by atomic mass is 16.6. The van der Waals surface area contributed by atoms with Crippen molar-refractivity contribution in [2.75, 3.05) is 6.54 Å². The largest absolute Gasteiger partial charge is 0.459 e. The third-order valence-electron chi connectivity index (χ3n) is 3.86. The van der Waals surface area contributed by atoms with E-state index in [-0.39, 0.29) is 12.0 Å². The number of aromatic nitrogens is 5. The molecule has 9 nitrogen and oxygen atoms in total. The summed E-state index contributed by atoms with van der Waals surface area (Å²) in [7, 11) is 0. The van der Waals surface area contributed by atoms with Crippen molar-refractivity contribution in [3.05, 3.63) is 23.6 Å². The van der Waals surface area contributed by atoms with Gasteiger partial charge >= 0.3 is 5.97 Å². The Morgan fingerprint density at radius 1 is 1.40 bits per heavy atom. The first-order chi connectivity index (χ1) is 11.8. The summed E-state index contributed by atoms with van der Waals surface area (Å²) >= 11 is 0. The van der Waals surface area contributed by atoms with Crippen LogP contribution in [0.4, 0.5) is 0 Å². The quantitative estimate of drug-likeness (QED) is 0.746. The van der Waals surface area contributed by atoms with E-state index in [1.165, 1.54) is 0 Å². The number of hydrogen-bond acceptors (Lipinski definition) is 8. The first-order valence-electron chi connectivity index (χ1n) is 8.45. The normalized spacial score (nSPS) is 18.6. The summed E-state index contributed by atoms with van der Waals surface area (Å²) in [5.74, 6) is 0.910. The number of likely N-dealkylation sites (tertiary alicyclic amines) is 1. The monoisotopic (exact) mass is 348 g/mol. The molecule has 1 fully saturated rings. The lowest BCUT2D eigenvalue weighted by Gasteiger charge is -2.26. The summed E-state index contributed by atoms with van der Waals surface area (Å²) in [6.07, 6.45) is 3.62. The highest BCUT2D eigenvalue weighted by Gasteiger charge is 2.34. The highest BCUT2D eigenvalue weighted by Crippen LogP contribution is 2.22.